The fourth-order valence-electron chi connectivity index (χ4n) is 1.94. The molecule has 2 N–H and O–H groups in total. The number of rotatable bonds is 5. The van der Waals surface area contributed by atoms with E-state index in [0.717, 1.165) is 16.1 Å². The third-order valence-corrected chi connectivity index (χ3v) is 4.33. The van der Waals surface area contributed by atoms with Gasteiger partial charge in [0.1, 0.15) is 0 Å². The summed E-state index contributed by atoms with van der Waals surface area (Å²) in [5, 5.41) is 10.7. The van der Waals surface area contributed by atoms with E-state index >= 15 is 0 Å². The number of allylic oxidation sites excluding steroid dienone is 1. The molecule has 0 aliphatic heterocycles. The lowest BCUT2D eigenvalue weighted by atomic mass is 10.2. The molecule has 120 valence electrons. The first-order valence-corrected chi connectivity index (χ1v) is 8.28. The van der Waals surface area contributed by atoms with Crippen LogP contribution in [-0.4, -0.2) is 22.3 Å². The van der Waals surface area contributed by atoms with E-state index in [-0.39, 0.29) is 11.6 Å². The summed E-state index contributed by atoms with van der Waals surface area (Å²) < 4.78 is 0.681. The number of nitrogens with one attached hydrogen (secondary N) is 2. The van der Waals surface area contributed by atoms with Gasteiger partial charge in [0.15, 0.2) is 5.69 Å². The van der Waals surface area contributed by atoms with E-state index in [9.17, 15) is 4.79 Å². The zero-order chi connectivity index (χ0) is 16.8. The maximum Gasteiger partial charge on any atom is 0.291 e. The van der Waals surface area contributed by atoms with Gasteiger partial charge in [-0.25, -0.2) is 5.43 Å². The van der Waals surface area contributed by atoms with Gasteiger partial charge in [-0.2, -0.15) is 10.2 Å². The van der Waals surface area contributed by atoms with Crippen molar-refractivity contribution in [1.82, 2.24) is 15.6 Å². The molecule has 1 amide bonds. The molecule has 7 heteroatoms. The fraction of sp³-hybridized carbons (Fsp3) is 0. The van der Waals surface area contributed by atoms with Crippen molar-refractivity contribution >= 4 is 41.1 Å². The SMILES string of the molecule is O=C(N/N=C/C=C/c1ccccc1)c1cc(-c2ccc(Cl)s2)[nH]n1. The molecule has 0 fully saturated rings. The highest BCUT2D eigenvalue weighted by Gasteiger charge is 2.11. The Hall–Kier alpha value is -2.70. The van der Waals surface area contributed by atoms with Crippen LogP contribution in [0.5, 0.6) is 0 Å². The van der Waals surface area contributed by atoms with Crippen LogP contribution in [0.15, 0.2) is 59.7 Å². The topological polar surface area (TPSA) is 70.1 Å². The summed E-state index contributed by atoms with van der Waals surface area (Å²) in [6, 6.07) is 15.1. The Morgan fingerprint density at radius 1 is 1.25 bits per heavy atom. The molecule has 0 bridgehead atoms. The van der Waals surface area contributed by atoms with E-state index in [1.54, 1.807) is 18.2 Å². The van der Waals surface area contributed by atoms with Crippen LogP contribution in [0.3, 0.4) is 0 Å². The second-order valence-electron chi connectivity index (χ2n) is 4.76. The van der Waals surface area contributed by atoms with E-state index in [4.69, 9.17) is 11.6 Å². The molecular weight excluding hydrogens is 344 g/mol. The number of carbonyl (C=O) groups is 1. The number of halogens is 1. The average Bonchev–Trinajstić information content (AvgIpc) is 3.24. The maximum atomic E-state index is 12.0. The molecule has 0 unspecified atom stereocenters. The summed E-state index contributed by atoms with van der Waals surface area (Å²) in [6.07, 6.45) is 5.15. The minimum atomic E-state index is -0.385. The number of aromatic nitrogens is 2. The Bertz CT molecular complexity index is 883. The number of hydrazone groups is 1. The Labute approximate surface area is 147 Å². The lowest BCUT2D eigenvalue weighted by Crippen LogP contribution is -2.17. The lowest BCUT2D eigenvalue weighted by Gasteiger charge is -1.93. The first-order valence-electron chi connectivity index (χ1n) is 7.08. The number of H-pyrrole nitrogens is 1. The molecular formula is C17H13ClN4OS. The first kappa shape index (κ1) is 16.2. The van der Waals surface area contributed by atoms with Crippen LogP contribution < -0.4 is 5.43 Å². The molecule has 0 atom stereocenters. The summed E-state index contributed by atoms with van der Waals surface area (Å²) in [5.74, 6) is -0.385. The average molecular weight is 357 g/mol. The molecule has 0 aliphatic carbocycles. The van der Waals surface area contributed by atoms with E-state index < -0.39 is 0 Å². The lowest BCUT2D eigenvalue weighted by molar-refractivity contribution is 0.0950. The van der Waals surface area contributed by atoms with Crippen molar-refractivity contribution < 1.29 is 4.79 Å². The molecule has 0 saturated heterocycles. The van der Waals surface area contributed by atoms with Crippen LogP contribution in [0.4, 0.5) is 0 Å². The van der Waals surface area contributed by atoms with Gasteiger partial charge in [-0.05, 0) is 29.8 Å². The minimum Gasteiger partial charge on any atom is -0.276 e. The molecule has 1 aromatic carbocycles. The van der Waals surface area contributed by atoms with Crippen LogP contribution in [0, 0.1) is 0 Å². The summed E-state index contributed by atoms with van der Waals surface area (Å²) in [5.41, 5.74) is 4.49. The molecule has 3 aromatic rings. The van der Waals surface area contributed by atoms with Gasteiger partial charge in [-0.1, -0.05) is 48.0 Å². The number of aromatic amines is 1. The third-order valence-electron chi connectivity index (χ3n) is 3.06. The monoisotopic (exact) mass is 356 g/mol. The number of hydrogen-bond acceptors (Lipinski definition) is 4. The normalized spacial score (nSPS) is 11.4. The van der Waals surface area contributed by atoms with Gasteiger partial charge in [0.2, 0.25) is 0 Å². The number of thiophene rings is 1. The van der Waals surface area contributed by atoms with E-state index in [1.807, 2.05) is 42.5 Å². The molecule has 2 aromatic heterocycles. The summed E-state index contributed by atoms with van der Waals surface area (Å²) in [6.45, 7) is 0. The highest BCUT2D eigenvalue weighted by molar-refractivity contribution is 7.19. The third kappa shape index (κ3) is 4.18. The molecule has 3 rings (SSSR count). The van der Waals surface area contributed by atoms with Crippen molar-refractivity contribution in [2.24, 2.45) is 5.10 Å². The van der Waals surface area contributed by atoms with Gasteiger partial charge in [0, 0.05) is 6.21 Å². The van der Waals surface area contributed by atoms with E-state index in [1.165, 1.54) is 17.6 Å². The van der Waals surface area contributed by atoms with Crippen LogP contribution in [0.25, 0.3) is 16.6 Å². The first-order chi connectivity index (χ1) is 11.7. The zero-order valence-corrected chi connectivity index (χ0v) is 14.0. The Kier molecular flexibility index (Phi) is 5.20. The van der Waals surface area contributed by atoms with Crippen molar-refractivity contribution in [3.8, 4) is 10.6 Å². The number of carbonyl (C=O) groups excluding carboxylic acids is 1. The molecule has 0 radical (unpaired) electrons. The van der Waals surface area contributed by atoms with Crippen LogP contribution in [0.2, 0.25) is 4.34 Å². The number of nitrogens with zero attached hydrogens (tertiary/aromatic N) is 2. The van der Waals surface area contributed by atoms with Crippen molar-refractivity contribution in [3.63, 3.8) is 0 Å². The van der Waals surface area contributed by atoms with Gasteiger partial charge in [0.25, 0.3) is 5.91 Å². The van der Waals surface area contributed by atoms with Crippen LogP contribution >= 0.6 is 22.9 Å². The highest BCUT2D eigenvalue weighted by Crippen LogP contribution is 2.29. The Balaban J connectivity index is 1.56. The van der Waals surface area contributed by atoms with Crippen molar-refractivity contribution in [1.29, 1.82) is 0 Å². The van der Waals surface area contributed by atoms with Gasteiger partial charge in [0.05, 0.1) is 14.9 Å². The standard InChI is InChI=1S/C17H13ClN4OS/c18-16-9-8-15(24-16)13-11-14(21-20-13)17(23)22-19-10-4-7-12-5-2-1-3-6-12/h1-11H,(H,20,21)(H,22,23)/b7-4+,19-10+. The minimum absolute atomic E-state index is 0.263. The smallest absolute Gasteiger partial charge is 0.276 e. The van der Waals surface area contributed by atoms with Crippen molar-refractivity contribution in [2.45, 2.75) is 0 Å². The molecule has 2 heterocycles. The molecule has 24 heavy (non-hydrogen) atoms. The summed E-state index contributed by atoms with van der Waals surface area (Å²) in [4.78, 5) is 12.9. The second kappa shape index (κ2) is 7.72. The predicted molar refractivity (Wildman–Crippen MR) is 98.3 cm³/mol. The van der Waals surface area contributed by atoms with Crippen LogP contribution in [0.1, 0.15) is 16.1 Å². The van der Waals surface area contributed by atoms with Crippen molar-refractivity contribution in [3.05, 3.63) is 70.2 Å². The van der Waals surface area contributed by atoms with Gasteiger partial charge >= 0.3 is 0 Å². The summed E-state index contributed by atoms with van der Waals surface area (Å²) in [7, 11) is 0. The Morgan fingerprint density at radius 2 is 2.08 bits per heavy atom. The number of hydrogen-bond donors (Lipinski definition) is 2. The molecule has 5 nitrogen and oxygen atoms in total. The fourth-order valence-corrected chi connectivity index (χ4v) is 2.95. The predicted octanol–water partition coefficient (Wildman–Crippen LogP) is 4.22. The zero-order valence-electron chi connectivity index (χ0n) is 12.4. The van der Waals surface area contributed by atoms with Crippen LogP contribution in [-0.2, 0) is 0 Å². The Morgan fingerprint density at radius 3 is 2.83 bits per heavy atom. The largest absolute Gasteiger partial charge is 0.291 e. The number of amides is 1. The maximum absolute atomic E-state index is 12.0. The summed E-state index contributed by atoms with van der Waals surface area (Å²) >= 11 is 7.31. The molecule has 0 aliphatic rings. The number of benzene rings is 1. The quantitative estimate of drug-likeness (QED) is 0.530. The molecule has 0 saturated carbocycles. The van der Waals surface area contributed by atoms with Crippen molar-refractivity contribution in [2.75, 3.05) is 0 Å². The molecule has 0 spiro atoms. The van der Waals surface area contributed by atoms with E-state index in [0.29, 0.717) is 4.34 Å². The van der Waals surface area contributed by atoms with E-state index in [2.05, 4.69) is 20.7 Å². The van der Waals surface area contributed by atoms with Gasteiger partial charge < -0.3 is 0 Å². The van der Waals surface area contributed by atoms with Gasteiger partial charge in [-0.15, -0.1) is 11.3 Å². The second-order valence-corrected chi connectivity index (χ2v) is 6.47. The highest BCUT2D eigenvalue weighted by atomic mass is 35.5. The van der Waals surface area contributed by atoms with Gasteiger partial charge in [-0.3, -0.25) is 9.89 Å².